The number of rotatable bonds is 6. The molecule has 1 aliphatic rings. The number of nitrogens with zero attached hydrogens (tertiary/aromatic N) is 1. The van der Waals surface area contributed by atoms with Gasteiger partial charge in [0.1, 0.15) is 0 Å². The van der Waals surface area contributed by atoms with Crippen LogP contribution in [0.2, 0.25) is 10.0 Å². The third-order valence-electron chi connectivity index (χ3n) is 5.24. The molecule has 5 nitrogen and oxygen atoms in total. The highest BCUT2D eigenvalue weighted by molar-refractivity contribution is 7.85. The van der Waals surface area contributed by atoms with Crippen LogP contribution in [-0.2, 0) is 15.5 Å². The smallest absolute Gasteiger partial charge is 0.253 e. The molecule has 8 heteroatoms. The van der Waals surface area contributed by atoms with Crippen LogP contribution in [0.5, 0.6) is 0 Å². The molecule has 2 aromatic rings. The minimum Gasteiger partial charge on any atom is -0.748 e. The van der Waals surface area contributed by atoms with Gasteiger partial charge >= 0.3 is 0 Å². The molecule has 1 amide bonds. The molecule has 1 heterocycles. The standard InChI is InChI=1S/C20H21Cl2NO4S/c21-17-8-7-16(13-18(17)22)20(9-4-12-28(25,26)27)10-11-23(14-20)19(24)15-5-2-1-3-6-15/h1-3,5-8,13H,4,9-12,14H2,(H,25,26,27)/p-1. The Labute approximate surface area is 175 Å². The maximum Gasteiger partial charge on any atom is 0.253 e. The number of carbonyl (C=O) groups excluding carboxylic acids is 1. The molecule has 0 radical (unpaired) electrons. The predicted octanol–water partition coefficient (Wildman–Crippen LogP) is 4.10. The molecule has 0 aromatic heterocycles. The van der Waals surface area contributed by atoms with Gasteiger partial charge in [0.15, 0.2) is 0 Å². The highest BCUT2D eigenvalue weighted by Crippen LogP contribution is 2.41. The summed E-state index contributed by atoms with van der Waals surface area (Å²) in [6, 6.07) is 14.3. The zero-order valence-electron chi connectivity index (χ0n) is 15.1. The molecule has 0 bridgehead atoms. The second-order valence-electron chi connectivity index (χ2n) is 7.12. The van der Waals surface area contributed by atoms with E-state index in [0.29, 0.717) is 41.5 Å². The molecule has 1 aliphatic heterocycles. The first kappa shape index (κ1) is 21.1. The maximum atomic E-state index is 12.9. The fourth-order valence-corrected chi connectivity index (χ4v) is 4.60. The van der Waals surface area contributed by atoms with Gasteiger partial charge in [-0.05, 0) is 49.1 Å². The topological polar surface area (TPSA) is 77.5 Å². The van der Waals surface area contributed by atoms with Crippen molar-refractivity contribution in [1.82, 2.24) is 4.90 Å². The first-order chi connectivity index (χ1) is 13.2. The van der Waals surface area contributed by atoms with Crippen LogP contribution in [-0.4, -0.2) is 42.6 Å². The summed E-state index contributed by atoms with van der Waals surface area (Å²) in [5.41, 5.74) is 1.03. The third kappa shape index (κ3) is 4.87. The lowest BCUT2D eigenvalue weighted by Crippen LogP contribution is -2.35. The van der Waals surface area contributed by atoms with Crippen molar-refractivity contribution in [1.29, 1.82) is 0 Å². The largest absolute Gasteiger partial charge is 0.748 e. The van der Waals surface area contributed by atoms with Gasteiger partial charge in [0.25, 0.3) is 5.91 Å². The number of benzene rings is 2. The van der Waals surface area contributed by atoms with Crippen molar-refractivity contribution in [3.8, 4) is 0 Å². The van der Waals surface area contributed by atoms with Crippen molar-refractivity contribution < 1.29 is 17.8 Å². The molecule has 0 N–H and O–H groups in total. The molecule has 0 spiro atoms. The number of halogens is 2. The van der Waals surface area contributed by atoms with E-state index in [2.05, 4.69) is 0 Å². The zero-order chi connectivity index (χ0) is 20.4. The van der Waals surface area contributed by atoms with E-state index in [-0.39, 0.29) is 12.3 Å². The Hall–Kier alpha value is -1.60. The van der Waals surface area contributed by atoms with Gasteiger partial charge in [-0.15, -0.1) is 0 Å². The fourth-order valence-electron chi connectivity index (χ4n) is 3.81. The van der Waals surface area contributed by atoms with Gasteiger partial charge in [0, 0.05) is 29.8 Å². The Balaban J connectivity index is 1.87. The molecule has 2 aromatic carbocycles. The van der Waals surface area contributed by atoms with Crippen molar-refractivity contribution in [2.24, 2.45) is 0 Å². The number of likely N-dealkylation sites (tertiary alicyclic amines) is 1. The number of hydrogen-bond acceptors (Lipinski definition) is 4. The van der Waals surface area contributed by atoms with Gasteiger partial charge in [-0.1, -0.05) is 47.5 Å². The summed E-state index contributed by atoms with van der Waals surface area (Å²) in [6.07, 6.45) is 1.34. The van der Waals surface area contributed by atoms with Gasteiger partial charge in [0.05, 0.1) is 20.2 Å². The van der Waals surface area contributed by atoms with E-state index in [9.17, 15) is 17.8 Å². The molecule has 1 unspecified atom stereocenters. The zero-order valence-corrected chi connectivity index (χ0v) is 17.4. The van der Waals surface area contributed by atoms with Gasteiger partial charge < -0.3 is 9.45 Å². The van der Waals surface area contributed by atoms with Crippen LogP contribution in [0.3, 0.4) is 0 Å². The summed E-state index contributed by atoms with van der Waals surface area (Å²) in [6.45, 7) is 0.968. The summed E-state index contributed by atoms with van der Waals surface area (Å²) in [4.78, 5) is 14.6. The van der Waals surface area contributed by atoms with Crippen molar-refractivity contribution in [2.75, 3.05) is 18.8 Å². The molecular weight excluding hydrogens is 421 g/mol. The fraction of sp³-hybridized carbons (Fsp3) is 0.350. The quantitative estimate of drug-likeness (QED) is 0.633. The highest BCUT2D eigenvalue weighted by atomic mass is 35.5. The second kappa shape index (κ2) is 8.41. The van der Waals surface area contributed by atoms with Crippen LogP contribution in [0.25, 0.3) is 0 Å². The van der Waals surface area contributed by atoms with Crippen molar-refractivity contribution in [2.45, 2.75) is 24.7 Å². The van der Waals surface area contributed by atoms with E-state index >= 15 is 0 Å². The normalized spacial score (nSPS) is 19.8. The highest BCUT2D eigenvalue weighted by Gasteiger charge is 2.41. The van der Waals surface area contributed by atoms with Crippen LogP contribution in [0.4, 0.5) is 0 Å². The molecule has 0 aliphatic carbocycles. The SMILES string of the molecule is O=C(c1ccccc1)N1CCC(CCCS(=O)(=O)[O-])(c2ccc(Cl)c(Cl)c2)C1. The second-order valence-corrected chi connectivity index (χ2v) is 9.46. The Bertz CT molecular complexity index is 965. The van der Waals surface area contributed by atoms with Gasteiger partial charge in [0.2, 0.25) is 0 Å². The summed E-state index contributed by atoms with van der Waals surface area (Å²) in [5, 5.41) is 0.834. The number of hydrogen-bond donors (Lipinski definition) is 0. The van der Waals surface area contributed by atoms with E-state index in [1.807, 2.05) is 24.3 Å². The van der Waals surface area contributed by atoms with Gasteiger partial charge in [-0.2, -0.15) is 0 Å². The van der Waals surface area contributed by atoms with E-state index in [4.69, 9.17) is 23.2 Å². The Morgan fingerprint density at radius 1 is 1.11 bits per heavy atom. The summed E-state index contributed by atoms with van der Waals surface area (Å²) >= 11 is 12.2. The summed E-state index contributed by atoms with van der Waals surface area (Å²) in [7, 11) is -4.29. The third-order valence-corrected chi connectivity index (χ3v) is 6.77. The van der Waals surface area contributed by atoms with Crippen molar-refractivity contribution in [3.63, 3.8) is 0 Å². The van der Waals surface area contributed by atoms with Crippen LogP contribution in [0, 0.1) is 0 Å². The molecule has 150 valence electrons. The maximum absolute atomic E-state index is 12.9. The number of amides is 1. The van der Waals surface area contributed by atoms with E-state index in [1.54, 1.807) is 29.2 Å². The van der Waals surface area contributed by atoms with Gasteiger partial charge in [-0.25, -0.2) is 8.42 Å². The van der Waals surface area contributed by atoms with Crippen molar-refractivity contribution in [3.05, 3.63) is 69.7 Å². The first-order valence-electron chi connectivity index (χ1n) is 8.94. The molecule has 1 fully saturated rings. The molecule has 28 heavy (non-hydrogen) atoms. The summed E-state index contributed by atoms with van der Waals surface area (Å²) < 4.78 is 33.1. The molecule has 0 saturated carbocycles. The Morgan fingerprint density at radius 2 is 1.82 bits per heavy atom. The minimum atomic E-state index is -4.29. The molecule has 1 atom stereocenters. The van der Waals surface area contributed by atoms with Crippen LogP contribution in [0.15, 0.2) is 48.5 Å². The van der Waals surface area contributed by atoms with E-state index in [0.717, 1.165) is 5.56 Å². The number of carbonyl (C=O) groups is 1. The lowest BCUT2D eigenvalue weighted by Gasteiger charge is -2.31. The monoisotopic (exact) mass is 440 g/mol. The van der Waals surface area contributed by atoms with Gasteiger partial charge in [-0.3, -0.25) is 4.79 Å². The lowest BCUT2D eigenvalue weighted by molar-refractivity contribution is 0.0782. The molecule has 1 saturated heterocycles. The van der Waals surface area contributed by atoms with E-state index < -0.39 is 21.3 Å². The lowest BCUT2D eigenvalue weighted by atomic mass is 9.76. The van der Waals surface area contributed by atoms with Crippen LogP contribution >= 0.6 is 23.2 Å². The Kier molecular flexibility index (Phi) is 6.34. The average Bonchev–Trinajstić information content (AvgIpc) is 3.08. The molecule has 3 rings (SSSR count). The van der Waals surface area contributed by atoms with E-state index in [1.165, 1.54) is 0 Å². The molecular formula is C20H20Cl2NO4S-. The van der Waals surface area contributed by atoms with Crippen LogP contribution in [0.1, 0.15) is 35.2 Å². The Morgan fingerprint density at radius 3 is 2.46 bits per heavy atom. The first-order valence-corrected chi connectivity index (χ1v) is 11.3. The van der Waals surface area contributed by atoms with Crippen molar-refractivity contribution >= 4 is 39.2 Å². The average molecular weight is 441 g/mol. The predicted molar refractivity (Wildman–Crippen MR) is 109 cm³/mol. The summed E-state index contributed by atoms with van der Waals surface area (Å²) in [5.74, 6) is -0.498. The van der Waals surface area contributed by atoms with Crippen LogP contribution < -0.4 is 0 Å². The minimum absolute atomic E-state index is 0.0704.